The molecule has 0 aromatic carbocycles. The number of esters is 3. The van der Waals surface area contributed by atoms with Crippen molar-refractivity contribution >= 4 is 17.9 Å². The minimum absolute atomic E-state index is 0.0827. The van der Waals surface area contributed by atoms with Gasteiger partial charge >= 0.3 is 17.9 Å². The van der Waals surface area contributed by atoms with Gasteiger partial charge in [0.25, 0.3) is 0 Å². The van der Waals surface area contributed by atoms with E-state index in [1.165, 1.54) is 148 Å². The highest BCUT2D eigenvalue weighted by atomic mass is 16.6. The van der Waals surface area contributed by atoms with E-state index in [0.29, 0.717) is 19.3 Å². The topological polar surface area (TPSA) is 78.9 Å². The second kappa shape index (κ2) is 61.1. The lowest BCUT2D eigenvalue weighted by atomic mass is 10.0. The zero-order valence-electron chi connectivity index (χ0n) is 48.1. The van der Waals surface area contributed by atoms with E-state index >= 15 is 0 Å². The van der Waals surface area contributed by atoms with Crippen LogP contribution in [0, 0.1) is 0 Å². The zero-order chi connectivity index (χ0) is 52.9. The summed E-state index contributed by atoms with van der Waals surface area (Å²) in [6, 6.07) is 0. The van der Waals surface area contributed by atoms with Crippen molar-refractivity contribution in [1.29, 1.82) is 0 Å². The van der Waals surface area contributed by atoms with E-state index in [4.69, 9.17) is 14.2 Å². The average molecular weight is 1020 g/mol. The van der Waals surface area contributed by atoms with E-state index in [1.807, 2.05) is 0 Å². The van der Waals surface area contributed by atoms with E-state index < -0.39 is 6.10 Å². The molecule has 0 aliphatic carbocycles. The van der Waals surface area contributed by atoms with Gasteiger partial charge in [-0.05, 0) is 109 Å². The molecule has 0 bridgehead atoms. The second-order valence-electron chi connectivity index (χ2n) is 20.6. The molecule has 73 heavy (non-hydrogen) atoms. The van der Waals surface area contributed by atoms with Crippen molar-refractivity contribution in [1.82, 2.24) is 0 Å². The van der Waals surface area contributed by atoms with Crippen LogP contribution in [-0.4, -0.2) is 37.2 Å². The number of unbranched alkanes of at least 4 members (excludes halogenated alkanes) is 31. The van der Waals surface area contributed by atoms with Gasteiger partial charge in [0.05, 0.1) is 0 Å². The predicted octanol–water partition coefficient (Wildman–Crippen LogP) is 21.1. The number of carbonyl (C=O) groups is 3. The van der Waals surface area contributed by atoms with Gasteiger partial charge < -0.3 is 14.2 Å². The first kappa shape index (κ1) is 69.6. The van der Waals surface area contributed by atoms with Crippen LogP contribution in [0.15, 0.2) is 85.1 Å². The van der Waals surface area contributed by atoms with Crippen LogP contribution in [-0.2, 0) is 28.6 Å². The molecular formula is C67H116O6. The minimum atomic E-state index is -0.786. The van der Waals surface area contributed by atoms with Gasteiger partial charge in [-0.1, -0.05) is 260 Å². The summed E-state index contributed by atoms with van der Waals surface area (Å²) in [5.74, 6) is -0.898. The van der Waals surface area contributed by atoms with Crippen LogP contribution in [0.3, 0.4) is 0 Å². The van der Waals surface area contributed by atoms with Crippen LogP contribution < -0.4 is 0 Å². The Hall–Kier alpha value is -3.41. The highest BCUT2D eigenvalue weighted by Crippen LogP contribution is 2.16. The molecule has 0 aliphatic rings. The maximum atomic E-state index is 12.8. The molecule has 0 amide bonds. The fraction of sp³-hybridized carbons (Fsp3) is 0.746. The Labute approximate surface area is 452 Å². The average Bonchev–Trinajstić information content (AvgIpc) is 3.39. The molecule has 420 valence electrons. The maximum absolute atomic E-state index is 12.8. The number of ether oxygens (including phenoxy) is 3. The van der Waals surface area contributed by atoms with Gasteiger partial charge in [-0.2, -0.15) is 0 Å². The van der Waals surface area contributed by atoms with Gasteiger partial charge in [0.2, 0.25) is 0 Å². The lowest BCUT2D eigenvalue weighted by Crippen LogP contribution is -2.30. The Morgan fingerprint density at radius 3 is 0.890 bits per heavy atom. The summed E-state index contributed by atoms with van der Waals surface area (Å²) in [5, 5.41) is 0. The summed E-state index contributed by atoms with van der Waals surface area (Å²) < 4.78 is 16.9. The van der Waals surface area contributed by atoms with Crippen LogP contribution in [0.5, 0.6) is 0 Å². The first-order chi connectivity index (χ1) is 36.0. The number of hydrogen-bond acceptors (Lipinski definition) is 6. The minimum Gasteiger partial charge on any atom is -0.462 e. The molecule has 0 aromatic heterocycles. The molecule has 0 saturated carbocycles. The maximum Gasteiger partial charge on any atom is 0.306 e. The standard InChI is InChI=1S/C67H116O6/c1-4-7-10-13-16-19-22-24-26-27-28-29-30-31-32-33-34-35-36-37-38-39-41-42-45-48-51-54-57-60-66(69)72-63-64(62-71-65(68)59-56-53-50-47-44-21-18-15-12-9-6-3)73-67(70)61-58-55-52-49-46-43-40-25-23-20-17-14-11-8-5-2/h7,10,15-20,24-26,28-29,40,64H,4-6,8-9,11-14,21-23,27,30-39,41-63H2,1-3H3/b10-7-,18-15-,19-16-,20-17-,26-24-,29-28-,40-25-. The second-order valence-corrected chi connectivity index (χ2v) is 20.6. The Morgan fingerprint density at radius 2 is 0.548 bits per heavy atom. The van der Waals surface area contributed by atoms with E-state index in [0.717, 1.165) is 116 Å². The largest absolute Gasteiger partial charge is 0.462 e. The lowest BCUT2D eigenvalue weighted by Gasteiger charge is -2.18. The fourth-order valence-corrected chi connectivity index (χ4v) is 8.68. The highest BCUT2D eigenvalue weighted by molar-refractivity contribution is 5.71. The fourth-order valence-electron chi connectivity index (χ4n) is 8.68. The SMILES string of the molecule is CC/C=C\C/C=C\C/C=C\C/C=C\CCCCCCCCCCCCCCCCCCC(=O)OCC(COC(=O)CCCCCCC/C=C\CCCC)OC(=O)CCCCCCC/C=C\C/C=C\CCCCC. The number of allylic oxidation sites excluding steroid dienone is 14. The third-order valence-electron chi connectivity index (χ3n) is 13.4. The van der Waals surface area contributed by atoms with Crippen molar-refractivity contribution in [3.8, 4) is 0 Å². The Balaban J connectivity index is 4.18. The zero-order valence-corrected chi connectivity index (χ0v) is 48.1. The molecular weight excluding hydrogens is 901 g/mol. The molecule has 0 fully saturated rings. The molecule has 0 spiro atoms. The normalized spacial score (nSPS) is 12.6. The van der Waals surface area contributed by atoms with Gasteiger partial charge in [-0.25, -0.2) is 0 Å². The van der Waals surface area contributed by atoms with Gasteiger partial charge in [0.15, 0.2) is 6.10 Å². The molecule has 0 N–H and O–H groups in total. The van der Waals surface area contributed by atoms with E-state index in [1.54, 1.807) is 0 Å². The Morgan fingerprint density at radius 1 is 0.288 bits per heavy atom. The van der Waals surface area contributed by atoms with Crippen molar-refractivity contribution in [3.05, 3.63) is 85.1 Å². The number of hydrogen-bond donors (Lipinski definition) is 0. The number of carbonyl (C=O) groups excluding carboxylic acids is 3. The van der Waals surface area contributed by atoms with Crippen molar-refractivity contribution in [3.63, 3.8) is 0 Å². The lowest BCUT2D eigenvalue weighted by molar-refractivity contribution is -0.167. The molecule has 1 unspecified atom stereocenters. The molecule has 1 atom stereocenters. The van der Waals surface area contributed by atoms with E-state index in [2.05, 4.69) is 106 Å². The third kappa shape index (κ3) is 59.3. The summed E-state index contributed by atoms with van der Waals surface area (Å²) in [6.07, 6.45) is 80.3. The quantitative estimate of drug-likeness (QED) is 0.0261. The molecule has 0 aliphatic heterocycles. The van der Waals surface area contributed by atoms with Crippen molar-refractivity contribution in [2.75, 3.05) is 13.2 Å². The van der Waals surface area contributed by atoms with E-state index in [-0.39, 0.29) is 31.1 Å². The van der Waals surface area contributed by atoms with Crippen LogP contribution >= 0.6 is 0 Å². The first-order valence-electron chi connectivity index (χ1n) is 31.1. The number of rotatable bonds is 56. The van der Waals surface area contributed by atoms with Crippen molar-refractivity contribution in [2.24, 2.45) is 0 Å². The van der Waals surface area contributed by atoms with Gasteiger partial charge in [-0.3, -0.25) is 14.4 Å². The summed E-state index contributed by atoms with van der Waals surface area (Å²) >= 11 is 0. The Kier molecular flexibility index (Phi) is 58.3. The van der Waals surface area contributed by atoms with Crippen LogP contribution in [0.1, 0.15) is 303 Å². The molecule has 6 nitrogen and oxygen atoms in total. The predicted molar refractivity (Wildman–Crippen MR) is 316 cm³/mol. The molecule has 0 heterocycles. The van der Waals surface area contributed by atoms with Gasteiger partial charge in [0.1, 0.15) is 13.2 Å². The molecule has 0 radical (unpaired) electrons. The summed E-state index contributed by atoms with van der Waals surface area (Å²) in [7, 11) is 0. The summed E-state index contributed by atoms with van der Waals surface area (Å²) in [5.41, 5.74) is 0. The highest BCUT2D eigenvalue weighted by Gasteiger charge is 2.19. The third-order valence-corrected chi connectivity index (χ3v) is 13.4. The van der Waals surface area contributed by atoms with Crippen molar-refractivity contribution in [2.45, 2.75) is 309 Å². The summed E-state index contributed by atoms with van der Waals surface area (Å²) in [4.78, 5) is 38.2. The molecule has 0 rings (SSSR count). The smallest absolute Gasteiger partial charge is 0.306 e. The van der Waals surface area contributed by atoms with Gasteiger partial charge in [-0.15, -0.1) is 0 Å². The Bertz CT molecular complexity index is 1400. The monoisotopic (exact) mass is 1020 g/mol. The van der Waals surface area contributed by atoms with Crippen molar-refractivity contribution < 1.29 is 28.6 Å². The van der Waals surface area contributed by atoms with E-state index in [9.17, 15) is 14.4 Å². The molecule has 6 heteroatoms. The van der Waals surface area contributed by atoms with Crippen LogP contribution in [0.25, 0.3) is 0 Å². The molecule has 0 saturated heterocycles. The molecule has 0 aromatic rings. The van der Waals surface area contributed by atoms with Crippen LogP contribution in [0.2, 0.25) is 0 Å². The van der Waals surface area contributed by atoms with Gasteiger partial charge in [0, 0.05) is 19.3 Å². The first-order valence-corrected chi connectivity index (χ1v) is 31.1. The van der Waals surface area contributed by atoms with Crippen LogP contribution in [0.4, 0.5) is 0 Å². The summed E-state index contributed by atoms with van der Waals surface area (Å²) in [6.45, 7) is 6.46.